The van der Waals surface area contributed by atoms with Crippen LogP contribution in [0, 0.1) is 5.92 Å². The molecule has 1 aliphatic carbocycles. The molecule has 1 unspecified atom stereocenters. The first-order chi connectivity index (χ1) is 10.8. The SMILES string of the molecule is C[C@H]1CCCN1C[C@@H]1CC1c1ccc(-c2cncnc2)cc1. The van der Waals surface area contributed by atoms with Crippen molar-refractivity contribution in [1.82, 2.24) is 14.9 Å². The van der Waals surface area contributed by atoms with E-state index >= 15 is 0 Å². The summed E-state index contributed by atoms with van der Waals surface area (Å²) in [6, 6.07) is 9.80. The van der Waals surface area contributed by atoms with Gasteiger partial charge in [-0.1, -0.05) is 24.3 Å². The van der Waals surface area contributed by atoms with Crippen molar-refractivity contribution >= 4 is 0 Å². The average molecular weight is 293 g/mol. The van der Waals surface area contributed by atoms with E-state index in [1.165, 1.54) is 43.5 Å². The van der Waals surface area contributed by atoms with Crippen molar-refractivity contribution in [3.63, 3.8) is 0 Å². The molecule has 0 bridgehead atoms. The van der Waals surface area contributed by atoms with E-state index in [-0.39, 0.29) is 0 Å². The molecule has 3 atom stereocenters. The van der Waals surface area contributed by atoms with Crippen LogP contribution in [-0.4, -0.2) is 34.0 Å². The molecule has 2 fully saturated rings. The summed E-state index contributed by atoms with van der Waals surface area (Å²) >= 11 is 0. The van der Waals surface area contributed by atoms with Crippen LogP contribution in [0.4, 0.5) is 0 Å². The van der Waals surface area contributed by atoms with E-state index in [2.05, 4.69) is 46.1 Å². The third-order valence-electron chi connectivity index (χ3n) is 5.31. The summed E-state index contributed by atoms with van der Waals surface area (Å²) in [5, 5.41) is 0. The molecule has 1 saturated carbocycles. The van der Waals surface area contributed by atoms with E-state index in [1.54, 1.807) is 6.33 Å². The molecule has 0 amide bonds. The normalized spacial score (nSPS) is 28.0. The Hall–Kier alpha value is -1.74. The van der Waals surface area contributed by atoms with Gasteiger partial charge in [0.25, 0.3) is 0 Å². The van der Waals surface area contributed by atoms with Crippen molar-refractivity contribution in [1.29, 1.82) is 0 Å². The van der Waals surface area contributed by atoms with Crippen molar-refractivity contribution in [2.24, 2.45) is 5.92 Å². The Morgan fingerprint density at radius 1 is 1.09 bits per heavy atom. The zero-order valence-corrected chi connectivity index (χ0v) is 13.2. The summed E-state index contributed by atoms with van der Waals surface area (Å²) in [5.74, 6) is 1.64. The molecule has 3 nitrogen and oxygen atoms in total. The lowest BCUT2D eigenvalue weighted by Gasteiger charge is -2.20. The lowest BCUT2D eigenvalue weighted by atomic mass is 10.0. The summed E-state index contributed by atoms with van der Waals surface area (Å²) in [4.78, 5) is 10.9. The van der Waals surface area contributed by atoms with Gasteiger partial charge < -0.3 is 4.90 Å². The van der Waals surface area contributed by atoms with Crippen molar-refractivity contribution < 1.29 is 0 Å². The van der Waals surface area contributed by atoms with Gasteiger partial charge in [-0.25, -0.2) is 9.97 Å². The van der Waals surface area contributed by atoms with Crippen molar-refractivity contribution in [3.05, 3.63) is 48.5 Å². The third-order valence-corrected chi connectivity index (χ3v) is 5.31. The van der Waals surface area contributed by atoms with E-state index in [0.717, 1.165) is 23.4 Å². The molecular formula is C19H23N3. The molecular weight excluding hydrogens is 270 g/mol. The highest BCUT2D eigenvalue weighted by Crippen LogP contribution is 2.48. The van der Waals surface area contributed by atoms with Crippen LogP contribution >= 0.6 is 0 Å². The molecule has 3 heteroatoms. The standard InChI is InChI=1S/C19H23N3/c1-14-3-2-8-22(14)12-17-9-19(17)16-6-4-15(5-7-16)18-10-20-13-21-11-18/h4-7,10-11,13-14,17,19H,2-3,8-9,12H2,1H3/t14-,17-,19?/m0/s1. The third kappa shape index (κ3) is 2.78. The summed E-state index contributed by atoms with van der Waals surface area (Å²) in [5.41, 5.74) is 3.79. The fraction of sp³-hybridized carbons (Fsp3) is 0.474. The second kappa shape index (κ2) is 5.81. The second-order valence-corrected chi connectivity index (χ2v) is 6.84. The molecule has 2 aromatic rings. The predicted octanol–water partition coefficient (Wildman–Crippen LogP) is 3.73. The molecule has 1 saturated heterocycles. The van der Waals surface area contributed by atoms with E-state index in [0.29, 0.717) is 0 Å². The highest BCUT2D eigenvalue weighted by Gasteiger charge is 2.40. The highest BCUT2D eigenvalue weighted by atomic mass is 15.2. The molecule has 1 aliphatic heterocycles. The van der Waals surface area contributed by atoms with Crippen LogP contribution in [-0.2, 0) is 0 Å². The Bertz CT molecular complexity index is 623. The monoisotopic (exact) mass is 293 g/mol. The fourth-order valence-electron chi connectivity index (χ4n) is 3.79. The van der Waals surface area contributed by atoms with Gasteiger partial charge in [-0.15, -0.1) is 0 Å². The second-order valence-electron chi connectivity index (χ2n) is 6.84. The van der Waals surface area contributed by atoms with Gasteiger partial charge in [0.15, 0.2) is 0 Å². The fourth-order valence-corrected chi connectivity index (χ4v) is 3.79. The van der Waals surface area contributed by atoms with Gasteiger partial charge in [0.1, 0.15) is 6.33 Å². The van der Waals surface area contributed by atoms with Gasteiger partial charge in [0.05, 0.1) is 0 Å². The molecule has 0 spiro atoms. The predicted molar refractivity (Wildman–Crippen MR) is 88.6 cm³/mol. The molecule has 2 heterocycles. The van der Waals surface area contributed by atoms with Gasteiger partial charge in [-0.2, -0.15) is 0 Å². The Labute approximate surface area is 132 Å². The van der Waals surface area contributed by atoms with Crippen LogP contribution in [0.5, 0.6) is 0 Å². The minimum absolute atomic E-state index is 0.772. The molecule has 0 radical (unpaired) electrons. The minimum Gasteiger partial charge on any atom is -0.300 e. The lowest BCUT2D eigenvalue weighted by Crippen LogP contribution is -2.29. The number of rotatable bonds is 4. The van der Waals surface area contributed by atoms with Crippen LogP contribution < -0.4 is 0 Å². The van der Waals surface area contributed by atoms with Crippen molar-refractivity contribution in [2.45, 2.75) is 38.1 Å². The topological polar surface area (TPSA) is 29.0 Å². The van der Waals surface area contributed by atoms with Crippen molar-refractivity contribution in [2.75, 3.05) is 13.1 Å². The number of likely N-dealkylation sites (tertiary alicyclic amines) is 1. The highest BCUT2D eigenvalue weighted by molar-refractivity contribution is 5.61. The zero-order chi connectivity index (χ0) is 14.9. The van der Waals surface area contributed by atoms with Crippen LogP contribution in [0.3, 0.4) is 0 Å². The lowest BCUT2D eigenvalue weighted by molar-refractivity contribution is 0.256. The Balaban J connectivity index is 1.40. The number of aromatic nitrogens is 2. The average Bonchev–Trinajstić information content (AvgIpc) is 3.23. The molecule has 114 valence electrons. The van der Waals surface area contributed by atoms with E-state index < -0.39 is 0 Å². The van der Waals surface area contributed by atoms with Gasteiger partial charge >= 0.3 is 0 Å². The van der Waals surface area contributed by atoms with Crippen LogP contribution in [0.15, 0.2) is 43.0 Å². The maximum Gasteiger partial charge on any atom is 0.115 e. The molecule has 1 aromatic heterocycles. The quantitative estimate of drug-likeness (QED) is 0.860. The molecule has 4 rings (SSSR count). The van der Waals surface area contributed by atoms with E-state index in [9.17, 15) is 0 Å². The first-order valence-electron chi connectivity index (χ1n) is 8.40. The molecule has 2 aliphatic rings. The Morgan fingerprint density at radius 2 is 1.86 bits per heavy atom. The van der Waals surface area contributed by atoms with E-state index in [4.69, 9.17) is 0 Å². The smallest absolute Gasteiger partial charge is 0.115 e. The zero-order valence-electron chi connectivity index (χ0n) is 13.2. The summed E-state index contributed by atoms with van der Waals surface area (Å²) in [6.07, 6.45) is 9.44. The number of hydrogen-bond acceptors (Lipinski definition) is 3. The van der Waals surface area contributed by atoms with Crippen molar-refractivity contribution in [3.8, 4) is 11.1 Å². The Kier molecular flexibility index (Phi) is 3.67. The van der Waals surface area contributed by atoms with Crippen LogP contribution in [0.2, 0.25) is 0 Å². The van der Waals surface area contributed by atoms with Gasteiger partial charge in [-0.05, 0) is 55.7 Å². The first kappa shape index (κ1) is 13.9. The van der Waals surface area contributed by atoms with Gasteiger partial charge in [0.2, 0.25) is 0 Å². The number of benzene rings is 1. The maximum absolute atomic E-state index is 4.09. The maximum atomic E-state index is 4.09. The number of hydrogen-bond donors (Lipinski definition) is 0. The molecule has 22 heavy (non-hydrogen) atoms. The number of nitrogens with zero attached hydrogens (tertiary/aromatic N) is 3. The summed E-state index contributed by atoms with van der Waals surface area (Å²) < 4.78 is 0. The van der Waals surface area contributed by atoms with Crippen LogP contribution in [0.1, 0.15) is 37.7 Å². The minimum atomic E-state index is 0.772. The molecule has 1 aromatic carbocycles. The Morgan fingerprint density at radius 3 is 2.55 bits per heavy atom. The largest absolute Gasteiger partial charge is 0.300 e. The summed E-state index contributed by atoms with van der Waals surface area (Å²) in [7, 11) is 0. The van der Waals surface area contributed by atoms with Gasteiger partial charge in [0, 0.05) is 30.5 Å². The van der Waals surface area contributed by atoms with Crippen LogP contribution in [0.25, 0.3) is 11.1 Å². The molecule has 0 N–H and O–H groups in total. The summed E-state index contributed by atoms with van der Waals surface area (Å²) in [6.45, 7) is 4.97. The van der Waals surface area contributed by atoms with E-state index in [1.807, 2.05) is 12.4 Å². The van der Waals surface area contributed by atoms with Gasteiger partial charge in [-0.3, -0.25) is 0 Å². The first-order valence-corrected chi connectivity index (χ1v) is 8.40.